The molecule has 72 valence electrons. The summed E-state index contributed by atoms with van der Waals surface area (Å²) in [5.74, 6) is 0. The van der Waals surface area contributed by atoms with Crippen molar-refractivity contribution in [3.8, 4) is 0 Å². The predicted octanol–water partition coefficient (Wildman–Crippen LogP) is 2.75. The van der Waals surface area contributed by atoms with E-state index in [9.17, 15) is 0 Å². The largest absolute Gasteiger partial charge is 0.396 e. The van der Waals surface area contributed by atoms with Crippen molar-refractivity contribution in [1.29, 1.82) is 5.41 Å². The van der Waals surface area contributed by atoms with Gasteiger partial charge in [-0.15, -0.1) is 0 Å². The van der Waals surface area contributed by atoms with Gasteiger partial charge in [-0.05, 0) is 25.5 Å². The summed E-state index contributed by atoms with van der Waals surface area (Å²) in [6.45, 7) is 0.341. The maximum atomic E-state index is 8.51. The molecule has 0 rings (SSSR count). The molecule has 0 aliphatic heterocycles. The second-order valence-electron chi connectivity index (χ2n) is 3.19. The lowest BCUT2D eigenvalue weighted by Gasteiger charge is -1.98. The van der Waals surface area contributed by atoms with Crippen LogP contribution in [0.25, 0.3) is 0 Å². The molecule has 0 aromatic rings. The molecule has 0 heterocycles. The third kappa shape index (κ3) is 9.63. The standard InChI is InChI=1S/C10H21NO/c11-9-7-5-3-1-2-4-6-8-10-12/h9,11-12H,1-8,10H2. The van der Waals surface area contributed by atoms with Gasteiger partial charge >= 0.3 is 0 Å². The Morgan fingerprint density at radius 2 is 1.33 bits per heavy atom. The lowest BCUT2D eigenvalue weighted by molar-refractivity contribution is 0.282. The molecule has 2 N–H and O–H groups in total. The molecule has 0 aliphatic carbocycles. The highest BCUT2D eigenvalue weighted by atomic mass is 16.2. The van der Waals surface area contributed by atoms with Gasteiger partial charge in [0.25, 0.3) is 0 Å². The van der Waals surface area contributed by atoms with Crippen molar-refractivity contribution < 1.29 is 5.11 Å². The van der Waals surface area contributed by atoms with E-state index in [2.05, 4.69) is 0 Å². The number of nitrogens with one attached hydrogen (secondary N) is 1. The van der Waals surface area contributed by atoms with Crippen LogP contribution in [0.3, 0.4) is 0 Å². The molecular formula is C10H21NO. The molecule has 0 saturated heterocycles. The minimum Gasteiger partial charge on any atom is -0.396 e. The van der Waals surface area contributed by atoms with Crippen molar-refractivity contribution in [2.24, 2.45) is 0 Å². The quantitative estimate of drug-likeness (QED) is 0.406. The number of unbranched alkanes of at least 4 members (excludes halogenated alkanes) is 7. The van der Waals surface area contributed by atoms with Crippen LogP contribution in [0.5, 0.6) is 0 Å². The van der Waals surface area contributed by atoms with E-state index in [-0.39, 0.29) is 0 Å². The normalized spacial score (nSPS) is 10.1. The van der Waals surface area contributed by atoms with Crippen LogP contribution < -0.4 is 0 Å². The Bertz CT molecular complexity index is 93.8. The second kappa shape index (κ2) is 10.6. The van der Waals surface area contributed by atoms with Gasteiger partial charge in [-0.2, -0.15) is 0 Å². The molecule has 0 aromatic heterocycles. The Balaban J connectivity index is 2.77. The maximum Gasteiger partial charge on any atom is 0.0431 e. The Morgan fingerprint density at radius 3 is 1.83 bits per heavy atom. The van der Waals surface area contributed by atoms with Crippen molar-refractivity contribution in [3.63, 3.8) is 0 Å². The molecule has 0 aliphatic rings. The van der Waals surface area contributed by atoms with Crippen LogP contribution in [0, 0.1) is 5.41 Å². The zero-order valence-corrected chi connectivity index (χ0v) is 7.89. The van der Waals surface area contributed by atoms with Gasteiger partial charge in [0, 0.05) is 6.61 Å². The summed E-state index contributed by atoms with van der Waals surface area (Å²) in [6, 6.07) is 0. The summed E-state index contributed by atoms with van der Waals surface area (Å²) >= 11 is 0. The van der Waals surface area contributed by atoms with Crippen LogP contribution >= 0.6 is 0 Å². The van der Waals surface area contributed by atoms with Gasteiger partial charge in [-0.25, -0.2) is 0 Å². The van der Waals surface area contributed by atoms with Crippen molar-refractivity contribution in [1.82, 2.24) is 0 Å². The smallest absolute Gasteiger partial charge is 0.0431 e. The van der Waals surface area contributed by atoms with E-state index < -0.39 is 0 Å². The van der Waals surface area contributed by atoms with Crippen molar-refractivity contribution in [3.05, 3.63) is 0 Å². The van der Waals surface area contributed by atoms with Crippen LogP contribution in [-0.2, 0) is 0 Å². The van der Waals surface area contributed by atoms with Crippen LogP contribution in [0.1, 0.15) is 51.4 Å². The molecule has 0 unspecified atom stereocenters. The van der Waals surface area contributed by atoms with Crippen LogP contribution in [0.2, 0.25) is 0 Å². The summed E-state index contributed by atoms with van der Waals surface area (Å²) in [7, 11) is 0. The highest BCUT2D eigenvalue weighted by Crippen LogP contribution is 2.07. The van der Waals surface area contributed by atoms with Gasteiger partial charge in [-0.1, -0.05) is 32.1 Å². The third-order valence-corrected chi connectivity index (χ3v) is 2.01. The van der Waals surface area contributed by atoms with Gasteiger partial charge < -0.3 is 10.5 Å². The van der Waals surface area contributed by atoms with Crippen molar-refractivity contribution in [2.45, 2.75) is 51.4 Å². The molecule has 0 bridgehead atoms. The molecule has 0 saturated carbocycles. The average Bonchev–Trinajstić information content (AvgIpc) is 2.10. The highest BCUT2D eigenvalue weighted by molar-refractivity contribution is 5.52. The van der Waals surface area contributed by atoms with Gasteiger partial charge in [0.2, 0.25) is 0 Å². The summed E-state index contributed by atoms with van der Waals surface area (Å²) in [5.41, 5.74) is 0. The predicted molar refractivity (Wildman–Crippen MR) is 52.8 cm³/mol. The van der Waals surface area contributed by atoms with E-state index in [0.29, 0.717) is 6.61 Å². The number of aliphatic hydroxyl groups excluding tert-OH is 1. The summed E-state index contributed by atoms with van der Waals surface area (Å²) in [6.07, 6.45) is 10.8. The molecule has 0 atom stereocenters. The Hall–Kier alpha value is -0.370. The highest BCUT2D eigenvalue weighted by Gasteiger charge is 1.89. The van der Waals surface area contributed by atoms with E-state index in [1.807, 2.05) is 0 Å². The molecule has 0 spiro atoms. The number of hydrogen-bond donors (Lipinski definition) is 2. The zero-order chi connectivity index (χ0) is 9.07. The Labute approximate surface area is 75.5 Å². The SMILES string of the molecule is N=CCCCCCCCCCO. The summed E-state index contributed by atoms with van der Waals surface area (Å²) in [5, 5.41) is 15.3. The van der Waals surface area contributed by atoms with E-state index in [1.165, 1.54) is 44.7 Å². The minimum absolute atomic E-state index is 0.341. The molecule has 12 heavy (non-hydrogen) atoms. The summed E-state index contributed by atoms with van der Waals surface area (Å²) in [4.78, 5) is 0. The fourth-order valence-electron chi connectivity index (χ4n) is 1.24. The average molecular weight is 171 g/mol. The topological polar surface area (TPSA) is 44.1 Å². The van der Waals surface area contributed by atoms with E-state index >= 15 is 0 Å². The van der Waals surface area contributed by atoms with E-state index in [0.717, 1.165) is 12.8 Å². The first kappa shape index (κ1) is 11.6. The number of hydrogen-bond acceptors (Lipinski definition) is 2. The van der Waals surface area contributed by atoms with E-state index in [4.69, 9.17) is 10.5 Å². The molecule has 0 amide bonds. The molecule has 0 radical (unpaired) electrons. The van der Waals surface area contributed by atoms with Crippen molar-refractivity contribution in [2.75, 3.05) is 6.61 Å². The van der Waals surface area contributed by atoms with Crippen LogP contribution in [-0.4, -0.2) is 17.9 Å². The Morgan fingerprint density at radius 1 is 0.833 bits per heavy atom. The first-order valence-corrected chi connectivity index (χ1v) is 5.01. The van der Waals surface area contributed by atoms with Gasteiger partial charge in [-0.3, -0.25) is 0 Å². The zero-order valence-electron chi connectivity index (χ0n) is 7.89. The fourth-order valence-corrected chi connectivity index (χ4v) is 1.24. The minimum atomic E-state index is 0.341. The summed E-state index contributed by atoms with van der Waals surface area (Å²) < 4.78 is 0. The van der Waals surface area contributed by atoms with Gasteiger partial charge in [0.05, 0.1) is 0 Å². The fraction of sp³-hybridized carbons (Fsp3) is 0.900. The molecule has 2 heteroatoms. The lowest BCUT2D eigenvalue weighted by Crippen LogP contribution is -1.84. The molecule has 0 aromatic carbocycles. The monoisotopic (exact) mass is 171 g/mol. The van der Waals surface area contributed by atoms with Gasteiger partial charge in [0.15, 0.2) is 0 Å². The lowest BCUT2D eigenvalue weighted by atomic mass is 10.1. The van der Waals surface area contributed by atoms with E-state index in [1.54, 1.807) is 0 Å². The number of aliphatic hydroxyl groups is 1. The van der Waals surface area contributed by atoms with Crippen LogP contribution in [0.15, 0.2) is 0 Å². The van der Waals surface area contributed by atoms with Crippen molar-refractivity contribution >= 4 is 6.21 Å². The maximum absolute atomic E-state index is 8.51. The number of rotatable bonds is 9. The Kier molecular flexibility index (Phi) is 10.3. The molecular weight excluding hydrogens is 150 g/mol. The molecule has 0 fully saturated rings. The first-order chi connectivity index (χ1) is 5.91. The first-order valence-electron chi connectivity index (χ1n) is 5.01. The third-order valence-electron chi connectivity index (χ3n) is 2.01. The second-order valence-corrected chi connectivity index (χ2v) is 3.19. The van der Waals surface area contributed by atoms with Crippen LogP contribution in [0.4, 0.5) is 0 Å². The van der Waals surface area contributed by atoms with Gasteiger partial charge in [0.1, 0.15) is 0 Å². The molecule has 2 nitrogen and oxygen atoms in total.